The van der Waals surface area contributed by atoms with Gasteiger partial charge in [-0.2, -0.15) is 0 Å². The first-order valence-electron chi connectivity index (χ1n) is 9.56. The second kappa shape index (κ2) is 9.68. The number of thioether (sulfide) groups is 1. The maximum absolute atomic E-state index is 12.6. The van der Waals surface area contributed by atoms with Crippen LogP contribution in [0.15, 0.2) is 59.9 Å². The van der Waals surface area contributed by atoms with Crippen LogP contribution in [0.5, 0.6) is 5.75 Å². The summed E-state index contributed by atoms with van der Waals surface area (Å²) in [6.45, 7) is 2.89. The SMILES string of the molecule is CCn1c(COc2cccc3cccnc23)nnc1SCC(=O)c1ccc(Cl)cc1Cl. The zero-order valence-corrected chi connectivity index (χ0v) is 18.9. The Balaban J connectivity index is 1.45. The number of Topliss-reactive ketones (excluding diaryl/α,β-unsaturated/α-hetero) is 1. The maximum Gasteiger partial charge on any atom is 0.191 e. The number of carbonyl (C=O) groups excluding carboxylic acids is 1. The van der Waals surface area contributed by atoms with Gasteiger partial charge in [0, 0.05) is 28.7 Å². The summed E-state index contributed by atoms with van der Waals surface area (Å²) in [6.07, 6.45) is 1.74. The molecule has 6 nitrogen and oxygen atoms in total. The number of benzene rings is 2. The molecule has 0 saturated carbocycles. The van der Waals surface area contributed by atoms with Crippen molar-refractivity contribution < 1.29 is 9.53 Å². The Kier molecular flexibility index (Phi) is 6.75. The zero-order chi connectivity index (χ0) is 21.8. The molecule has 158 valence electrons. The standard InChI is InChI=1S/C22H18Cl2N4O2S/c1-2-28-20(12-30-19-7-3-5-14-6-4-10-25-21(14)19)26-27-22(28)31-13-18(29)16-9-8-15(23)11-17(16)24/h3-11H,2,12-13H2,1H3. The molecular formula is C22H18Cl2N4O2S. The third-order valence-corrected chi connectivity index (χ3v) is 6.14. The second-order valence-electron chi connectivity index (χ2n) is 6.60. The molecule has 0 N–H and O–H groups in total. The summed E-state index contributed by atoms with van der Waals surface area (Å²) in [7, 11) is 0. The van der Waals surface area contributed by atoms with Crippen molar-refractivity contribution in [3.63, 3.8) is 0 Å². The van der Waals surface area contributed by atoms with E-state index >= 15 is 0 Å². The lowest BCUT2D eigenvalue weighted by Crippen LogP contribution is -2.09. The van der Waals surface area contributed by atoms with Gasteiger partial charge in [0.1, 0.15) is 17.9 Å². The molecule has 0 fully saturated rings. The number of ketones is 1. The molecule has 0 atom stereocenters. The van der Waals surface area contributed by atoms with Gasteiger partial charge in [-0.25, -0.2) is 0 Å². The van der Waals surface area contributed by atoms with Gasteiger partial charge in [0.15, 0.2) is 16.8 Å². The molecule has 0 saturated heterocycles. The van der Waals surface area contributed by atoms with Gasteiger partial charge in [0.25, 0.3) is 0 Å². The number of nitrogens with zero attached hydrogens (tertiary/aromatic N) is 4. The number of pyridine rings is 1. The zero-order valence-electron chi connectivity index (χ0n) is 16.6. The van der Waals surface area contributed by atoms with Crippen molar-refractivity contribution in [1.82, 2.24) is 19.7 Å². The van der Waals surface area contributed by atoms with Gasteiger partial charge in [-0.3, -0.25) is 9.78 Å². The first-order chi connectivity index (χ1) is 15.1. The molecule has 9 heteroatoms. The first-order valence-corrected chi connectivity index (χ1v) is 11.3. The lowest BCUT2D eigenvalue weighted by atomic mass is 10.1. The molecule has 31 heavy (non-hydrogen) atoms. The quantitative estimate of drug-likeness (QED) is 0.241. The topological polar surface area (TPSA) is 69.9 Å². The largest absolute Gasteiger partial charge is 0.483 e. The number of rotatable bonds is 8. The van der Waals surface area contributed by atoms with E-state index in [0.29, 0.717) is 38.9 Å². The van der Waals surface area contributed by atoms with Gasteiger partial charge in [-0.05, 0) is 37.3 Å². The lowest BCUT2D eigenvalue weighted by molar-refractivity contribution is 0.102. The Morgan fingerprint density at radius 3 is 2.77 bits per heavy atom. The Hall–Kier alpha value is -2.61. The van der Waals surface area contributed by atoms with Gasteiger partial charge < -0.3 is 9.30 Å². The summed E-state index contributed by atoms with van der Waals surface area (Å²) >= 11 is 13.4. The highest BCUT2D eigenvalue weighted by molar-refractivity contribution is 7.99. The molecule has 0 aliphatic heterocycles. The van der Waals surface area contributed by atoms with Crippen LogP contribution in [0, 0.1) is 0 Å². The molecule has 0 spiro atoms. The van der Waals surface area contributed by atoms with Crippen LogP contribution in [-0.4, -0.2) is 31.3 Å². The van der Waals surface area contributed by atoms with E-state index < -0.39 is 0 Å². The fourth-order valence-corrected chi connectivity index (χ4v) is 4.53. The highest BCUT2D eigenvalue weighted by Gasteiger charge is 2.16. The average molecular weight is 473 g/mol. The number of hydrogen-bond donors (Lipinski definition) is 0. The predicted octanol–water partition coefficient (Wildman–Crippen LogP) is 5.71. The van der Waals surface area contributed by atoms with E-state index in [9.17, 15) is 4.79 Å². The highest BCUT2D eigenvalue weighted by atomic mass is 35.5. The molecule has 0 bridgehead atoms. The summed E-state index contributed by atoms with van der Waals surface area (Å²) in [5.41, 5.74) is 1.24. The number of halogens is 2. The molecule has 0 aliphatic rings. The van der Waals surface area contributed by atoms with Crippen LogP contribution in [0.1, 0.15) is 23.1 Å². The van der Waals surface area contributed by atoms with Crippen LogP contribution in [0.2, 0.25) is 10.0 Å². The highest BCUT2D eigenvalue weighted by Crippen LogP contribution is 2.26. The van der Waals surface area contributed by atoms with Crippen LogP contribution in [0.25, 0.3) is 10.9 Å². The van der Waals surface area contributed by atoms with Crippen molar-refractivity contribution in [2.75, 3.05) is 5.75 Å². The fraction of sp³-hybridized carbons (Fsp3) is 0.182. The normalized spacial score (nSPS) is 11.1. The smallest absolute Gasteiger partial charge is 0.191 e. The lowest BCUT2D eigenvalue weighted by Gasteiger charge is -2.10. The minimum atomic E-state index is -0.100. The van der Waals surface area contributed by atoms with Crippen LogP contribution in [0.3, 0.4) is 0 Å². The molecular weight excluding hydrogens is 455 g/mol. The Labute approximate surface area is 193 Å². The van der Waals surface area contributed by atoms with Gasteiger partial charge >= 0.3 is 0 Å². The Bertz CT molecular complexity index is 1240. The maximum atomic E-state index is 12.6. The number of hydrogen-bond acceptors (Lipinski definition) is 6. The van der Waals surface area contributed by atoms with Crippen LogP contribution >= 0.6 is 35.0 Å². The van der Waals surface area contributed by atoms with Gasteiger partial charge in [-0.15, -0.1) is 10.2 Å². The van der Waals surface area contributed by atoms with E-state index in [4.69, 9.17) is 27.9 Å². The van der Waals surface area contributed by atoms with Crippen molar-refractivity contribution in [2.24, 2.45) is 0 Å². The molecule has 0 amide bonds. The van der Waals surface area contributed by atoms with Gasteiger partial charge in [0.05, 0.1) is 10.8 Å². The summed E-state index contributed by atoms with van der Waals surface area (Å²) in [4.78, 5) is 17.0. The summed E-state index contributed by atoms with van der Waals surface area (Å²) < 4.78 is 7.92. The number of carbonyl (C=O) groups is 1. The van der Waals surface area contributed by atoms with Gasteiger partial charge in [-0.1, -0.05) is 53.2 Å². The van der Waals surface area contributed by atoms with E-state index in [1.54, 1.807) is 24.4 Å². The van der Waals surface area contributed by atoms with Crippen molar-refractivity contribution in [2.45, 2.75) is 25.2 Å². The summed E-state index contributed by atoms with van der Waals surface area (Å²) in [5, 5.41) is 11.0. The van der Waals surface area contributed by atoms with Crippen molar-refractivity contribution >= 4 is 51.6 Å². The molecule has 4 aromatic rings. The number of aromatic nitrogens is 4. The average Bonchev–Trinajstić information content (AvgIpc) is 3.17. The third-order valence-electron chi connectivity index (χ3n) is 4.63. The van der Waals surface area contributed by atoms with E-state index in [-0.39, 0.29) is 18.1 Å². The van der Waals surface area contributed by atoms with Crippen LogP contribution in [0.4, 0.5) is 0 Å². The number of ether oxygens (including phenoxy) is 1. The van der Waals surface area contributed by atoms with Crippen molar-refractivity contribution in [3.8, 4) is 5.75 Å². The predicted molar refractivity (Wildman–Crippen MR) is 123 cm³/mol. The van der Waals surface area contributed by atoms with Crippen molar-refractivity contribution in [3.05, 3.63) is 76.2 Å². The van der Waals surface area contributed by atoms with Crippen LogP contribution < -0.4 is 4.74 Å². The minimum Gasteiger partial charge on any atom is -0.483 e. The number of fused-ring (bicyclic) bond motifs is 1. The molecule has 2 heterocycles. The molecule has 4 rings (SSSR count). The number of para-hydroxylation sites is 1. The second-order valence-corrected chi connectivity index (χ2v) is 8.39. The summed E-state index contributed by atoms with van der Waals surface area (Å²) in [5.74, 6) is 1.45. The monoisotopic (exact) mass is 472 g/mol. The van der Waals surface area contributed by atoms with E-state index in [2.05, 4.69) is 15.2 Å². The summed E-state index contributed by atoms with van der Waals surface area (Å²) in [6, 6.07) is 14.5. The van der Waals surface area contributed by atoms with E-state index in [1.807, 2.05) is 41.8 Å². The molecule has 0 aliphatic carbocycles. The first kappa shape index (κ1) is 21.6. The van der Waals surface area contributed by atoms with Crippen molar-refractivity contribution in [1.29, 1.82) is 0 Å². The fourth-order valence-electron chi connectivity index (χ4n) is 3.11. The third kappa shape index (κ3) is 4.84. The van der Waals surface area contributed by atoms with Gasteiger partial charge in [0.2, 0.25) is 0 Å². The van der Waals surface area contributed by atoms with E-state index in [0.717, 1.165) is 10.9 Å². The van der Waals surface area contributed by atoms with Crippen LogP contribution in [-0.2, 0) is 13.2 Å². The Morgan fingerprint density at radius 2 is 1.97 bits per heavy atom. The van der Waals surface area contributed by atoms with E-state index in [1.165, 1.54) is 11.8 Å². The minimum absolute atomic E-state index is 0.100. The molecule has 0 radical (unpaired) electrons. The Morgan fingerprint density at radius 1 is 1.13 bits per heavy atom. The molecule has 2 aromatic carbocycles. The molecule has 2 aromatic heterocycles. The molecule has 0 unspecified atom stereocenters.